The van der Waals surface area contributed by atoms with E-state index in [1.807, 2.05) is 0 Å². The fraction of sp³-hybridized carbons (Fsp3) is 0.625. The molecule has 3 nitrogen and oxygen atoms in total. The van der Waals surface area contributed by atoms with Crippen LogP contribution in [0.1, 0.15) is 24.3 Å². The topological polar surface area (TPSA) is 26.7 Å². The van der Waals surface area contributed by atoms with E-state index in [-0.39, 0.29) is 6.61 Å². The van der Waals surface area contributed by atoms with Crippen molar-refractivity contribution in [2.24, 2.45) is 0 Å². The lowest BCUT2D eigenvalue weighted by Gasteiger charge is -2.57. The summed E-state index contributed by atoms with van der Waals surface area (Å²) in [4.78, 5) is 4.96. The summed E-state index contributed by atoms with van der Waals surface area (Å²) in [5.74, 6) is 0.466. The zero-order valence-electron chi connectivity index (χ0n) is 12.0. The normalized spacial score (nSPS) is 32.0. The van der Waals surface area contributed by atoms with Crippen molar-refractivity contribution in [3.8, 4) is 0 Å². The number of aliphatic hydroxyl groups is 1. The van der Waals surface area contributed by atoms with E-state index < -0.39 is 0 Å². The fourth-order valence-corrected chi connectivity index (χ4v) is 4.06. The molecule has 1 aromatic rings. The first kappa shape index (κ1) is 14.5. The number of likely N-dealkylation sites (N-methyl/N-ethyl adjacent to an activating group) is 1. The average molecular weight is 339 g/mol. The van der Waals surface area contributed by atoms with Crippen molar-refractivity contribution in [2.75, 3.05) is 33.3 Å². The van der Waals surface area contributed by atoms with E-state index in [4.69, 9.17) is 0 Å². The second-order valence-corrected chi connectivity index (χ2v) is 7.02. The first-order valence-electron chi connectivity index (χ1n) is 7.51. The van der Waals surface area contributed by atoms with Crippen molar-refractivity contribution in [1.82, 2.24) is 9.80 Å². The molecule has 0 unspecified atom stereocenters. The van der Waals surface area contributed by atoms with Gasteiger partial charge in [0.1, 0.15) is 0 Å². The van der Waals surface area contributed by atoms with Gasteiger partial charge in [0.15, 0.2) is 0 Å². The summed E-state index contributed by atoms with van der Waals surface area (Å²) >= 11 is 3.50. The highest BCUT2D eigenvalue weighted by atomic mass is 79.9. The SMILES string of the molecule is CN1CCCCN2[C@H](CO)[C@@H](c3ccc(Br)cc3)[C@@H]2C1. The first-order valence-corrected chi connectivity index (χ1v) is 8.30. The van der Waals surface area contributed by atoms with Gasteiger partial charge in [-0.25, -0.2) is 0 Å². The second-order valence-electron chi connectivity index (χ2n) is 6.10. The predicted octanol–water partition coefficient (Wildman–Crippen LogP) is 2.30. The van der Waals surface area contributed by atoms with Gasteiger partial charge in [-0.2, -0.15) is 0 Å². The Balaban J connectivity index is 1.83. The molecule has 0 aliphatic carbocycles. The highest BCUT2D eigenvalue weighted by Gasteiger charge is 2.48. The molecular formula is C16H23BrN2O. The van der Waals surface area contributed by atoms with Gasteiger partial charge in [0.25, 0.3) is 0 Å². The monoisotopic (exact) mass is 338 g/mol. The predicted molar refractivity (Wildman–Crippen MR) is 85.0 cm³/mol. The minimum Gasteiger partial charge on any atom is -0.395 e. The van der Waals surface area contributed by atoms with E-state index in [2.05, 4.69) is 57.0 Å². The standard InChI is InChI=1S/C16H23BrN2O/c1-18-8-2-3-9-19-14(10-18)16(15(19)11-20)12-4-6-13(17)7-5-12/h4-7,14-16,20H,2-3,8-11H2,1H3/t14-,15+,16-/m0/s1. The Morgan fingerprint density at radius 2 is 1.90 bits per heavy atom. The Labute approximate surface area is 129 Å². The van der Waals surface area contributed by atoms with Gasteiger partial charge in [-0.3, -0.25) is 4.90 Å². The van der Waals surface area contributed by atoms with E-state index in [0.29, 0.717) is 18.0 Å². The third-order valence-corrected chi connectivity index (χ3v) is 5.36. The first-order chi connectivity index (χ1) is 9.70. The van der Waals surface area contributed by atoms with Crippen LogP contribution < -0.4 is 0 Å². The van der Waals surface area contributed by atoms with Crippen molar-refractivity contribution in [1.29, 1.82) is 0 Å². The third-order valence-electron chi connectivity index (χ3n) is 4.83. The number of nitrogens with zero attached hydrogens (tertiary/aromatic N) is 2. The second kappa shape index (κ2) is 6.14. The zero-order valence-corrected chi connectivity index (χ0v) is 13.6. The molecule has 2 fully saturated rings. The molecule has 3 atom stereocenters. The molecule has 110 valence electrons. The van der Waals surface area contributed by atoms with E-state index in [0.717, 1.165) is 17.6 Å². The van der Waals surface area contributed by atoms with Gasteiger partial charge in [-0.15, -0.1) is 0 Å². The van der Waals surface area contributed by atoms with E-state index in [1.54, 1.807) is 0 Å². The van der Waals surface area contributed by atoms with Gasteiger partial charge in [0.2, 0.25) is 0 Å². The lowest BCUT2D eigenvalue weighted by molar-refractivity contribution is -0.0614. The van der Waals surface area contributed by atoms with Crippen LogP contribution in [0, 0.1) is 0 Å². The van der Waals surface area contributed by atoms with Crippen molar-refractivity contribution in [3.05, 3.63) is 34.3 Å². The molecule has 0 radical (unpaired) electrons. The number of benzene rings is 1. The lowest BCUT2D eigenvalue weighted by Crippen LogP contribution is -2.67. The number of fused-ring (bicyclic) bond motifs is 1. The van der Waals surface area contributed by atoms with Crippen LogP contribution in [0.2, 0.25) is 0 Å². The molecule has 4 heteroatoms. The molecule has 1 aromatic carbocycles. The molecule has 20 heavy (non-hydrogen) atoms. The largest absolute Gasteiger partial charge is 0.395 e. The lowest BCUT2D eigenvalue weighted by atomic mass is 9.74. The van der Waals surface area contributed by atoms with Gasteiger partial charge < -0.3 is 10.0 Å². The van der Waals surface area contributed by atoms with E-state index >= 15 is 0 Å². The Kier molecular flexibility index (Phi) is 4.46. The van der Waals surface area contributed by atoms with Crippen LogP contribution in [0.3, 0.4) is 0 Å². The smallest absolute Gasteiger partial charge is 0.0593 e. The molecule has 1 N–H and O–H groups in total. The summed E-state index contributed by atoms with van der Waals surface area (Å²) in [6.45, 7) is 3.70. The Hall–Kier alpha value is -0.420. The number of hydrogen-bond acceptors (Lipinski definition) is 3. The van der Waals surface area contributed by atoms with Crippen LogP contribution in [0.15, 0.2) is 28.7 Å². The maximum atomic E-state index is 9.77. The van der Waals surface area contributed by atoms with Crippen molar-refractivity contribution >= 4 is 15.9 Å². The summed E-state index contributed by atoms with van der Waals surface area (Å²) in [6.07, 6.45) is 2.51. The highest BCUT2D eigenvalue weighted by Crippen LogP contribution is 2.41. The zero-order chi connectivity index (χ0) is 14.1. The van der Waals surface area contributed by atoms with Gasteiger partial charge >= 0.3 is 0 Å². The molecule has 2 aliphatic rings. The van der Waals surface area contributed by atoms with Crippen LogP contribution in [-0.2, 0) is 0 Å². The number of rotatable bonds is 2. The molecule has 3 rings (SSSR count). The Morgan fingerprint density at radius 3 is 2.60 bits per heavy atom. The van der Waals surface area contributed by atoms with E-state index in [1.165, 1.54) is 24.9 Å². The molecule has 2 heterocycles. The van der Waals surface area contributed by atoms with Crippen LogP contribution in [0.4, 0.5) is 0 Å². The third kappa shape index (κ3) is 2.67. The quantitative estimate of drug-likeness (QED) is 0.896. The van der Waals surface area contributed by atoms with Crippen molar-refractivity contribution in [2.45, 2.75) is 30.8 Å². The minimum atomic E-state index is 0.265. The van der Waals surface area contributed by atoms with Crippen molar-refractivity contribution < 1.29 is 5.11 Å². The van der Waals surface area contributed by atoms with E-state index in [9.17, 15) is 5.11 Å². The molecule has 0 aromatic heterocycles. The molecule has 0 bridgehead atoms. The van der Waals surface area contributed by atoms with Gasteiger partial charge in [0.05, 0.1) is 6.61 Å². The van der Waals surface area contributed by atoms with Crippen LogP contribution in [0.5, 0.6) is 0 Å². The summed E-state index contributed by atoms with van der Waals surface area (Å²) in [5.41, 5.74) is 1.36. The number of hydrogen-bond donors (Lipinski definition) is 1. The summed E-state index contributed by atoms with van der Waals surface area (Å²) in [7, 11) is 2.22. The maximum Gasteiger partial charge on any atom is 0.0593 e. The van der Waals surface area contributed by atoms with Crippen molar-refractivity contribution in [3.63, 3.8) is 0 Å². The average Bonchev–Trinajstić information content (AvgIpc) is 2.42. The Morgan fingerprint density at radius 1 is 1.20 bits per heavy atom. The summed E-state index contributed by atoms with van der Waals surface area (Å²) in [5, 5.41) is 9.77. The molecule has 0 amide bonds. The molecular weight excluding hydrogens is 316 g/mol. The number of halogens is 1. The molecule has 0 saturated carbocycles. The fourth-order valence-electron chi connectivity index (χ4n) is 3.80. The Bertz CT molecular complexity index is 450. The van der Waals surface area contributed by atoms with Gasteiger partial charge in [-0.05, 0) is 50.7 Å². The molecule has 0 spiro atoms. The maximum absolute atomic E-state index is 9.77. The molecule has 2 aliphatic heterocycles. The minimum absolute atomic E-state index is 0.265. The van der Waals surface area contributed by atoms with Crippen LogP contribution >= 0.6 is 15.9 Å². The summed E-state index contributed by atoms with van der Waals surface area (Å²) < 4.78 is 1.12. The highest BCUT2D eigenvalue weighted by molar-refractivity contribution is 9.10. The van der Waals surface area contributed by atoms with Gasteiger partial charge in [0, 0.05) is 29.0 Å². The summed E-state index contributed by atoms with van der Waals surface area (Å²) in [6, 6.07) is 9.48. The van der Waals surface area contributed by atoms with Gasteiger partial charge in [-0.1, -0.05) is 28.1 Å². The number of aliphatic hydroxyl groups excluding tert-OH is 1. The van der Waals surface area contributed by atoms with Crippen LogP contribution in [-0.4, -0.2) is 60.3 Å². The molecule has 2 saturated heterocycles. The van der Waals surface area contributed by atoms with Crippen LogP contribution in [0.25, 0.3) is 0 Å².